The highest BCUT2D eigenvalue weighted by molar-refractivity contribution is 9.10. The molecular weight excluding hydrogens is 264 g/mol. The Morgan fingerprint density at radius 2 is 2.00 bits per heavy atom. The molecule has 0 aliphatic heterocycles. The molecule has 0 radical (unpaired) electrons. The van der Waals surface area contributed by atoms with Gasteiger partial charge >= 0.3 is 0 Å². The van der Waals surface area contributed by atoms with Gasteiger partial charge in [0.15, 0.2) is 0 Å². The van der Waals surface area contributed by atoms with E-state index in [9.17, 15) is 4.79 Å². The van der Waals surface area contributed by atoms with Crippen LogP contribution in [0.15, 0.2) is 28.7 Å². The summed E-state index contributed by atoms with van der Waals surface area (Å²) in [5.74, 6) is 0.755. The molecule has 0 unspecified atom stereocenters. The van der Waals surface area contributed by atoms with E-state index in [-0.39, 0.29) is 0 Å². The average Bonchev–Trinajstić information content (AvgIpc) is 2.30. The minimum absolute atomic E-state index is 0.327. The molecule has 1 fully saturated rings. The number of Topliss-reactive ketones (excluding diaryl/α,β-unsaturated/α-hetero) is 1. The zero-order chi connectivity index (χ0) is 11.4. The smallest absolute Gasteiger partial charge is 0.140 e. The molecule has 0 saturated heterocycles. The molecule has 1 aliphatic carbocycles. The van der Waals surface area contributed by atoms with Crippen LogP contribution >= 0.6 is 15.9 Å². The largest absolute Gasteiger partial charge is 0.299 e. The van der Waals surface area contributed by atoms with E-state index in [0.29, 0.717) is 18.1 Å². The van der Waals surface area contributed by atoms with Crippen molar-refractivity contribution in [1.82, 2.24) is 0 Å². The van der Waals surface area contributed by atoms with Crippen LogP contribution in [0.5, 0.6) is 0 Å². The summed E-state index contributed by atoms with van der Waals surface area (Å²) < 4.78 is 1.06. The van der Waals surface area contributed by atoms with Crippen molar-refractivity contribution in [2.45, 2.75) is 38.5 Å². The summed E-state index contributed by atoms with van der Waals surface area (Å²) in [7, 11) is 0. The Labute approximate surface area is 105 Å². The van der Waals surface area contributed by atoms with Crippen LogP contribution in [0.1, 0.15) is 37.7 Å². The van der Waals surface area contributed by atoms with E-state index < -0.39 is 0 Å². The number of carbonyl (C=O) groups is 1. The third kappa shape index (κ3) is 3.18. The zero-order valence-electron chi connectivity index (χ0n) is 9.42. The molecule has 0 N–H and O–H groups in total. The molecule has 0 bridgehead atoms. The Balaban J connectivity index is 1.96. The molecule has 2 heteroatoms. The van der Waals surface area contributed by atoms with E-state index in [4.69, 9.17) is 0 Å². The number of ketones is 1. The lowest BCUT2D eigenvalue weighted by atomic mass is 9.84. The van der Waals surface area contributed by atoms with E-state index in [0.717, 1.165) is 22.9 Å². The van der Waals surface area contributed by atoms with Gasteiger partial charge in [-0.25, -0.2) is 0 Å². The maximum Gasteiger partial charge on any atom is 0.140 e. The summed E-state index contributed by atoms with van der Waals surface area (Å²) in [4.78, 5) is 12.1. The van der Waals surface area contributed by atoms with Crippen molar-refractivity contribution in [3.8, 4) is 0 Å². The van der Waals surface area contributed by atoms with Gasteiger partial charge < -0.3 is 0 Å². The monoisotopic (exact) mass is 280 g/mol. The fourth-order valence-electron chi connectivity index (χ4n) is 2.42. The van der Waals surface area contributed by atoms with Gasteiger partial charge in [0.2, 0.25) is 0 Å². The van der Waals surface area contributed by atoms with Crippen molar-refractivity contribution in [1.29, 1.82) is 0 Å². The SMILES string of the molecule is O=C(Cc1cccc(Br)c1)C1CCCCC1. The third-order valence-corrected chi connectivity index (χ3v) is 3.82. The summed E-state index contributed by atoms with van der Waals surface area (Å²) in [6, 6.07) is 8.06. The first kappa shape index (κ1) is 11.8. The first-order valence-corrected chi connectivity index (χ1v) is 6.82. The summed E-state index contributed by atoms with van der Waals surface area (Å²) >= 11 is 3.44. The molecular formula is C14H17BrO. The maximum atomic E-state index is 12.1. The minimum atomic E-state index is 0.327. The van der Waals surface area contributed by atoms with Gasteiger partial charge in [0.25, 0.3) is 0 Å². The molecule has 1 nitrogen and oxygen atoms in total. The summed E-state index contributed by atoms with van der Waals surface area (Å²) in [5, 5.41) is 0. The van der Waals surface area contributed by atoms with Crippen molar-refractivity contribution in [2.75, 3.05) is 0 Å². The minimum Gasteiger partial charge on any atom is -0.299 e. The van der Waals surface area contributed by atoms with Crippen LogP contribution in [0.4, 0.5) is 0 Å². The van der Waals surface area contributed by atoms with Gasteiger partial charge in [0.1, 0.15) is 5.78 Å². The van der Waals surface area contributed by atoms with Crippen molar-refractivity contribution < 1.29 is 4.79 Å². The van der Waals surface area contributed by atoms with Crippen LogP contribution in [0.3, 0.4) is 0 Å². The Morgan fingerprint density at radius 1 is 1.25 bits per heavy atom. The van der Waals surface area contributed by atoms with Crippen molar-refractivity contribution in [2.24, 2.45) is 5.92 Å². The highest BCUT2D eigenvalue weighted by Crippen LogP contribution is 2.25. The lowest BCUT2D eigenvalue weighted by Crippen LogP contribution is -2.19. The number of carbonyl (C=O) groups excluding carboxylic acids is 1. The van der Waals surface area contributed by atoms with Gasteiger partial charge in [0, 0.05) is 16.8 Å². The molecule has 0 aromatic heterocycles. The van der Waals surface area contributed by atoms with Gasteiger partial charge in [0.05, 0.1) is 0 Å². The maximum absolute atomic E-state index is 12.1. The molecule has 2 rings (SSSR count). The van der Waals surface area contributed by atoms with Crippen LogP contribution in [-0.2, 0) is 11.2 Å². The molecule has 1 aromatic rings. The molecule has 0 atom stereocenters. The fraction of sp³-hybridized carbons (Fsp3) is 0.500. The summed E-state index contributed by atoms with van der Waals surface area (Å²) in [6.07, 6.45) is 6.58. The predicted molar refractivity (Wildman–Crippen MR) is 69.4 cm³/mol. The Bertz CT molecular complexity index is 367. The van der Waals surface area contributed by atoms with Gasteiger partial charge in [-0.15, -0.1) is 0 Å². The molecule has 0 amide bonds. The summed E-state index contributed by atoms with van der Waals surface area (Å²) in [6.45, 7) is 0. The van der Waals surface area contributed by atoms with E-state index in [1.165, 1.54) is 19.3 Å². The number of rotatable bonds is 3. The van der Waals surface area contributed by atoms with E-state index >= 15 is 0 Å². The number of halogens is 1. The van der Waals surface area contributed by atoms with Gasteiger partial charge in [-0.05, 0) is 30.5 Å². The van der Waals surface area contributed by atoms with Crippen LogP contribution in [0.25, 0.3) is 0 Å². The van der Waals surface area contributed by atoms with Crippen molar-refractivity contribution >= 4 is 21.7 Å². The lowest BCUT2D eigenvalue weighted by molar-refractivity contribution is -0.123. The third-order valence-electron chi connectivity index (χ3n) is 3.33. The summed E-state index contributed by atoms with van der Waals surface area (Å²) in [5.41, 5.74) is 1.13. The Morgan fingerprint density at radius 3 is 2.69 bits per heavy atom. The average molecular weight is 281 g/mol. The van der Waals surface area contributed by atoms with Gasteiger partial charge in [-0.3, -0.25) is 4.79 Å². The fourth-order valence-corrected chi connectivity index (χ4v) is 2.86. The second-order valence-corrected chi connectivity index (χ2v) is 5.52. The van der Waals surface area contributed by atoms with E-state index in [1.807, 2.05) is 24.3 Å². The van der Waals surface area contributed by atoms with Crippen LogP contribution in [0.2, 0.25) is 0 Å². The molecule has 1 aliphatic rings. The number of hydrogen-bond donors (Lipinski definition) is 0. The molecule has 86 valence electrons. The Hall–Kier alpha value is -0.630. The predicted octanol–water partition coefficient (Wildman–Crippen LogP) is 4.14. The lowest BCUT2D eigenvalue weighted by Gasteiger charge is -2.20. The highest BCUT2D eigenvalue weighted by Gasteiger charge is 2.20. The normalized spacial score (nSPS) is 17.3. The molecule has 1 saturated carbocycles. The molecule has 0 spiro atoms. The molecule has 16 heavy (non-hydrogen) atoms. The first-order chi connectivity index (χ1) is 7.75. The second-order valence-electron chi connectivity index (χ2n) is 4.61. The Kier molecular flexibility index (Phi) is 4.16. The van der Waals surface area contributed by atoms with Crippen LogP contribution < -0.4 is 0 Å². The highest BCUT2D eigenvalue weighted by atomic mass is 79.9. The molecule has 1 aromatic carbocycles. The zero-order valence-corrected chi connectivity index (χ0v) is 11.0. The van der Waals surface area contributed by atoms with Crippen molar-refractivity contribution in [3.05, 3.63) is 34.3 Å². The number of benzene rings is 1. The number of hydrogen-bond acceptors (Lipinski definition) is 1. The standard InChI is InChI=1S/C14H17BrO/c15-13-8-4-5-11(9-13)10-14(16)12-6-2-1-3-7-12/h4-5,8-9,12H,1-3,6-7,10H2. The topological polar surface area (TPSA) is 17.1 Å². The van der Waals surface area contributed by atoms with Crippen molar-refractivity contribution in [3.63, 3.8) is 0 Å². The van der Waals surface area contributed by atoms with E-state index in [2.05, 4.69) is 15.9 Å². The second kappa shape index (κ2) is 5.62. The van der Waals surface area contributed by atoms with Gasteiger partial charge in [-0.2, -0.15) is 0 Å². The quantitative estimate of drug-likeness (QED) is 0.813. The first-order valence-electron chi connectivity index (χ1n) is 6.03. The van der Waals surface area contributed by atoms with Crippen LogP contribution in [-0.4, -0.2) is 5.78 Å². The van der Waals surface area contributed by atoms with E-state index in [1.54, 1.807) is 0 Å². The van der Waals surface area contributed by atoms with Crippen LogP contribution in [0, 0.1) is 5.92 Å². The van der Waals surface area contributed by atoms with Gasteiger partial charge in [-0.1, -0.05) is 47.3 Å². The molecule has 0 heterocycles.